The second kappa shape index (κ2) is 5.98. The Balaban J connectivity index is 1.89. The summed E-state index contributed by atoms with van der Waals surface area (Å²) in [7, 11) is 1.41. The molecule has 1 aromatic rings. The van der Waals surface area contributed by atoms with Gasteiger partial charge in [-0.2, -0.15) is 0 Å². The largest absolute Gasteiger partial charge is 0.469 e. The van der Waals surface area contributed by atoms with Crippen molar-refractivity contribution >= 4 is 5.97 Å². The van der Waals surface area contributed by atoms with Crippen LogP contribution in [-0.2, 0) is 27.5 Å². The highest BCUT2D eigenvalue weighted by atomic mass is 16.5. The maximum absolute atomic E-state index is 11.0. The highest BCUT2D eigenvalue weighted by Crippen LogP contribution is 2.25. The third kappa shape index (κ3) is 3.09. The van der Waals surface area contributed by atoms with Gasteiger partial charge < -0.3 is 15.2 Å². The highest BCUT2D eigenvalue weighted by molar-refractivity contribution is 5.69. The molecule has 0 saturated carbocycles. The number of fused-ring (bicyclic) bond motifs is 1. The monoisotopic (exact) mass is 249 g/mol. The van der Waals surface area contributed by atoms with Gasteiger partial charge in [0.25, 0.3) is 0 Å². The average Bonchev–Trinajstić information content (AvgIpc) is 2.85. The smallest absolute Gasteiger partial charge is 0.305 e. The van der Waals surface area contributed by atoms with Crippen molar-refractivity contribution in [1.29, 1.82) is 0 Å². The van der Waals surface area contributed by atoms with E-state index in [0.29, 0.717) is 19.6 Å². The number of rotatable bonds is 5. The minimum Gasteiger partial charge on any atom is -0.469 e. The van der Waals surface area contributed by atoms with Gasteiger partial charge in [-0.05, 0) is 29.5 Å². The Kier molecular flexibility index (Phi) is 4.33. The number of carbonyl (C=O) groups is 1. The molecule has 0 aromatic heterocycles. The molecule has 0 bridgehead atoms. The van der Waals surface area contributed by atoms with Gasteiger partial charge in [0, 0.05) is 12.5 Å². The van der Waals surface area contributed by atoms with Gasteiger partial charge in [-0.25, -0.2) is 0 Å². The van der Waals surface area contributed by atoms with Crippen molar-refractivity contribution in [2.24, 2.45) is 5.73 Å². The fourth-order valence-corrected chi connectivity index (χ4v) is 2.16. The third-order valence-electron chi connectivity index (χ3n) is 3.30. The fraction of sp³-hybridized carbons (Fsp3) is 0.500. The summed E-state index contributed by atoms with van der Waals surface area (Å²) in [4.78, 5) is 11.0. The van der Waals surface area contributed by atoms with Crippen molar-refractivity contribution in [2.45, 2.75) is 38.5 Å². The number of esters is 1. The molecule has 98 valence electrons. The predicted octanol–water partition coefficient (Wildman–Crippen LogP) is 2.06. The minimum absolute atomic E-state index is 0.0273. The van der Waals surface area contributed by atoms with Crippen molar-refractivity contribution in [2.75, 3.05) is 7.11 Å². The molecule has 1 unspecified atom stereocenters. The van der Waals surface area contributed by atoms with E-state index in [1.165, 1.54) is 18.2 Å². The third-order valence-corrected chi connectivity index (χ3v) is 3.30. The van der Waals surface area contributed by atoms with E-state index in [0.717, 1.165) is 18.4 Å². The van der Waals surface area contributed by atoms with Crippen LogP contribution in [0.5, 0.6) is 0 Å². The molecule has 1 aliphatic rings. The molecule has 1 aliphatic heterocycles. The molecule has 0 spiro atoms. The summed E-state index contributed by atoms with van der Waals surface area (Å²) >= 11 is 0. The zero-order valence-electron chi connectivity index (χ0n) is 10.6. The van der Waals surface area contributed by atoms with Crippen LogP contribution in [0.3, 0.4) is 0 Å². The molecule has 4 nitrogen and oxygen atoms in total. The zero-order valence-corrected chi connectivity index (χ0v) is 10.6. The number of hydrogen-bond donors (Lipinski definition) is 1. The molecule has 18 heavy (non-hydrogen) atoms. The van der Waals surface area contributed by atoms with Crippen LogP contribution in [0.25, 0.3) is 0 Å². The molecule has 0 saturated heterocycles. The summed E-state index contributed by atoms with van der Waals surface area (Å²) in [5, 5.41) is 0. The van der Waals surface area contributed by atoms with Crippen molar-refractivity contribution in [1.82, 2.24) is 0 Å². The zero-order chi connectivity index (χ0) is 13.0. The highest BCUT2D eigenvalue weighted by Gasteiger charge is 2.14. The SMILES string of the molecule is COC(=O)CCCC(N)c1ccc2c(c1)COC2. The van der Waals surface area contributed by atoms with Crippen LogP contribution in [0.15, 0.2) is 18.2 Å². The number of benzene rings is 1. The van der Waals surface area contributed by atoms with Gasteiger partial charge in [0.1, 0.15) is 0 Å². The van der Waals surface area contributed by atoms with Gasteiger partial charge in [0.05, 0.1) is 20.3 Å². The van der Waals surface area contributed by atoms with E-state index < -0.39 is 0 Å². The Hall–Kier alpha value is -1.39. The molecule has 1 aromatic carbocycles. The standard InChI is InChI=1S/C14H19NO3/c1-17-14(16)4-2-3-13(15)10-5-6-11-8-18-9-12(11)7-10/h5-7,13H,2-4,8-9,15H2,1H3. The molecule has 2 N–H and O–H groups in total. The van der Waals surface area contributed by atoms with Crippen LogP contribution in [0.2, 0.25) is 0 Å². The van der Waals surface area contributed by atoms with Crippen LogP contribution >= 0.6 is 0 Å². The maximum atomic E-state index is 11.0. The number of hydrogen-bond acceptors (Lipinski definition) is 4. The summed E-state index contributed by atoms with van der Waals surface area (Å²) in [6.45, 7) is 1.38. The van der Waals surface area contributed by atoms with E-state index in [9.17, 15) is 4.79 Å². The van der Waals surface area contributed by atoms with Crippen LogP contribution in [-0.4, -0.2) is 13.1 Å². The Morgan fingerprint density at radius 2 is 2.22 bits per heavy atom. The minimum atomic E-state index is -0.176. The summed E-state index contributed by atoms with van der Waals surface area (Å²) in [5.74, 6) is -0.176. The first-order valence-corrected chi connectivity index (χ1v) is 6.22. The van der Waals surface area contributed by atoms with Crippen molar-refractivity contribution in [3.8, 4) is 0 Å². The summed E-state index contributed by atoms with van der Waals surface area (Å²) in [5.41, 5.74) is 9.72. The van der Waals surface area contributed by atoms with Gasteiger partial charge in [-0.1, -0.05) is 18.2 Å². The predicted molar refractivity (Wildman–Crippen MR) is 67.7 cm³/mol. The van der Waals surface area contributed by atoms with Gasteiger partial charge in [0.2, 0.25) is 0 Å². The van der Waals surface area contributed by atoms with E-state index in [1.807, 2.05) is 0 Å². The van der Waals surface area contributed by atoms with Crippen LogP contribution < -0.4 is 5.73 Å². The molecule has 4 heteroatoms. The first-order valence-electron chi connectivity index (χ1n) is 6.22. The summed E-state index contributed by atoms with van der Waals surface area (Å²) in [6, 6.07) is 6.22. The summed E-state index contributed by atoms with van der Waals surface area (Å²) in [6.07, 6.45) is 1.97. The van der Waals surface area contributed by atoms with E-state index >= 15 is 0 Å². The lowest BCUT2D eigenvalue weighted by molar-refractivity contribution is -0.140. The molecule has 1 heterocycles. The van der Waals surface area contributed by atoms with Crippen LogP contribution in [0.4, 0.5) is 0 Å². The average molecular weight is 249 g/mol. The molecule has 1 atom stereocenters. The first-order chi connectivity index (χ1) is 8.70. The molecular formula is C14H19NO3. The molecule has 0 amide bonds. The topological polar surface area (TPSA) is 61.5 Å². The van der Waals surface area contributed by atoms with Gasteiger partial charge in [-0.3, -0.25) is 4.79 Å². The Morgan fingerprint density at radius 3 is 3.00 bits per heavy atom. The van der Waals surface area contributed by atoms with Crippen LogP contribution in [0, 0.1) is 0 Å². The maximum Gasteiger partial charge on any atom is 0.305 e. The van der Waals surface area contributed by atoms with E-state index in [2.05, 4.69) is 22.9 Å². The molecule has 0 fully saturated rings. The van der Waals surface area contributed by atoms with Crippen LogP contribution in [0.1, 0.15) is 42.0 Å². The van der Waals surface area contributed by atoms with Gasteiger partial charge in [0.15, 0.2) is 0 Å². The van der Waals surface area contributed by atoms with E-state index in [1.54, 1.807) is 0 Å². The molecular weight excluding hydrogens is 230 g/mol. The normalized spacial score (nSPS) is 15.2. The number of carbonyl (C=O) groups excluding carboxylic acids is 1. The lowest BCUT2D eigenvalue weighted by atomic mass is 9.98. The molecule has 0 aliphatic carbocycles. The lowest BCUT2D eigenvalue weighted by Crippen LogP contribution is -2.11. The summed E-state index contributed by atoms with van der Waals surface area (Å²) < 4.78 is 9.98. The van der Waals surface area contributed by atoms with Crippen molar-refractivity contribution in [3.63, 3.8) is 0 Å². The number of ether oxygens (including phenoxy) is 2. The van der Waals surface area contributed by atoms with E-state index in [-0.39, 0.29) is 12.0 Å². The fourth-order valence-electron chi connectivity index (χ4n) is 2.16. The van der Waals surface area contributed by atoms with Crippen molar-refractivity contribution < 1.29 is 14.3 Å². The number of methoxy groups -OCH3 is 1. The Bertz CT molecular complexity index is 431. The van der Waals surface area contributed by atoms with Gasteiger partial charge in [-0.15, -0.1) is 0 Å². The molecule has 0 radical (unpaired) electrons. The quantitative estimate of drug-likeness (QED) is 0.811. The second-order valence-corrected chi connectivity index (χ2v) is 4.60. The van der Waals surface area contributed by atoms with E-state index in [4.69, 9.17) is 10.5 Å². The second-order valence-electron chi connectivity index (χ2n) is 4.60. The Morgan fingerprint density at radius 1 is 1.44 bits per heavy atom. The van der Waals surface area contributed by atoms with Gasteiger partial charge >= 0.3 is 5.97 Å². The van der Waals surface area contributed by atoms with Crippen molar-refractivity contribution in [3.05, 3.63) is 34.9 Å². The Labute approximate surface area is 107 Å². The lowest BCUT2D eigenvalue weighted by Gasteiger charge is -2.12. The molecule has 2 rings (SSSR count). The number of nitrogens with two attached hydrogens (primary N) is 1. The first kappa shape index (κ1) is 13.1.